The minimum absolute atomic E-state index is 0.204. The molecule has 8 heteroatoms. The van der Waals surface area contributed by atoms with Gasteiger partial charge in [0, 0.05) is 25.9 Å². The quantitative estimate of drug-likeness (QED) is 0.473. The van der Waals surface area contributed by atoms with E-state index >= 15 is 0 Å². The summed E-state index contributed by atoms with van der Waals surface area (Å²) in [7, 11) is 1.73. The molecule has 0 saturated heterocycles. The maximum atomic E-state index is 13.5. The maximum Gasteiger partial charge on any atom is 0.191 e. The van der Waals surface area contributed by atoms with Gasteiger partial charge in [-0.3, -0.25) is 4.99 Å². The first-order chi connectivity index (χ1) is 13.7. The molecule has 0 bridgehead atoms. The third-order valence-corrected chi connectivity index (χ3v) is 4.82. The predicted octanol–water partition coefficient (Wildman–Crippen LogP) is 3.13. The molecule has 0 aliphatic heterocycles. The Bertz CT molecular complexity index is 909. The number of rotatable bonds is 7. The average molecular weight is 399 g/mol. The molecule has 2 aromatic carbocycles. The van der Waals surface area contributed by atoms with Gasteiger partial charge in [0.15, 0.2) is 5.96 Å². The van der Waals surface area contributed by atoms with E-state index in [2.05, 4.69) is 25.7 Å². The third-order valence-electron chi connectivity index (χ3n) is 4.22. The molecular weight excluding hydrogens is 375 g/mol. The molecule has 0 atom stereocenters. The number of guanidine groups is 1. The summed E-state index contributed by atoms with van der Waals surface area (Å²) in [5.41, 5.74) is 4.15. The van der Waals surface area contributed by atoms with Crippen LogP contribution in [0, 0.1) is 5.82 Å². The van der Waals surface area contributed by atoms with Crippen LogP contribution in [0.25, 0.3) is 5.69 Å². The van der Waals surface area contributed by atoms with E-state index in [4.69, 9.17) is 0 Å². The van der Waals surface area contributed by atoms with Crippen LogP contribution in [0.4, 0.5) is 4.39 Å². The van der Waals surface area contributed by atoms with Gasteiger partial charge in [0.05, 0.1) is 5.69 Å². The van der Waals surface area contributed by atoms with Crippen molar-refractivity contribution in [3.8, 4) is 5.69 Å². The van der Waals surface area contributed by atoms with Gasteiger partial charge in [-0.1, -0.05) is 18.2 Å². The summed E-state index contributed by atoms with van der Waals surface area (Å²) in [5, 5.41) is 10.7. The number of aromatic nitrogens is 3. The van der Waals surface area contributed by atoms with Crippen molar-refractivity contribution in [1.82, 2.24) is 25.4 Å². The van der Waals surface area contributed by atoms with Crippen molar-refractivity contribution in [3.63, 3.8) is 0 Å². The fourth-order valence-electron chi connectivity index (χ4n) is 2.75. The van der Waals surface area contributed by atoms with Gasteiger partial charge >= 0.3 is 0 Å². The minimum atomic E-state index is -0.204. The van der Waals surface area contributed by atoms with Crippen molar-refractivity contribution in [1.29, 1.82) is 0 Å². The first kappa shape index (κ1) is 19.9. The highest BCUT2D eigenvalue weighted by atomic mass is 32.2. The predicted molar refractivity (Wildman–Crippen MR) is 112 cm³/mol. The van der Waals surface area contributed by atoms with Gasteiger partial charge in [-0.15, -0.1) is 0 Å². The van der Waals surface area contributed by atoms with E-state index in [1.165, 1.54) is 12.4 Å². The molecular formula is C20H23FN6S. The fourth-order valence-corrected chi connectivity index (χ4v) is 3.33. The van der Waals surface area contributed by atoms with Crippen LogP contribution in [0.1, 0.15) is 16.7 Å². The summed E-state index contributed by atoms with van der Waals surface area (Å²) >= 11 is 1.67. The highest BCUT2D eigenvalue weighted by Crippen LogP contribution is 2.16. The van der Waals surface area contributed by atoms with Crippen LogP contribution < -0.4 is 10.6 Å². The lowest BCUT2D eigenvalue weighted by molar-refractivity contribution is 0.625. The molecule has 0 aliphatic rings. The van der Waals surface area contributed by atoms with Crippen LogP contribution in [0.15, 0.2) is 60.1 Å². The van der Waals surface area contributed by atoms with E-state index in [1.54, 1.807) is 35.9 Å². The smallest absolute Gasteiger partial charge is 0.191 e. The molecule has 0 radical (unpaired) electrons. The number of nitrogens with zero attached hydrogens (tertiary/aromatic N) is 4. The van der Waals surface area contributed by atoms with Crippen LogP contribution in [-0.2, 0) is 18.8 Å². The number of halogens is 1. The van der Waals surface area contributed by atoms with Crippen molar-refractivity contribution in [2.45, 2.75) is 18.8 Å². The van der Waals surface area contributed by atoms with E-state index in [0.29, 0.717) is 19.0 Å². The zero-order chi connectivity index (χ0) is 19.8. The van der Waals surface area contributed by atoms with E-state index in [1.807, 2.05) is 36.6 Å². The van der Waals surface area contributed by atoms with Crippen molar-refractivity contribution in [2.75, 3.05) is 13.3 Å². The van der Waals surface area contributed by atoms with Crippen LogP contribution in [0.3, 0.4) is 0 Å². The molecule has 0 aliphatic carbocycles. The Morgan fingerprint density at radius 2 is 1.89 bits per heavy atom. The highest BCUT2D eigenvalue weighted by Gasteiger charge is 2.06. The second-order valence-corrected chi connectivity index (χ2v) is 7.00. The first-order valence-corrected chi connectivity index (χ1v) is 10.2. The molecule has 3 aromatic rings. The van der Waals surface area contributed by atoms with Gasteiger partial charge in [0.25, 0.3) is 0 Å². The molecule has 28 heavy (non-hydrogen) atoms. The number of benzene rings is 2. The Balaban J connectivity index is 1.55. The SMILES string of the molecule is CN=C(NCc1ccc(-n2cncn2)cc1)NCc1ccc(F)cc1CSC. The number of hydrogen-bond donors (Lipinski definition) is 2. The Labute approximate surface area is 168 Å². The fraction of sp³-hybridized carbons (Fsp3) is 0.250. The topological polar surface area (TPSA) is 67.1 Å². The average Bonchev–Trinajstić information content (AvgIpc) is 3.25. The highest BCUT2D eigenvalue weighted by molar-refractivity contribution is 7.97. The van der Waals surface area contributed by atoms with E-state index in [0.717, 1.165) is 28.1 Å². The zero-order valence-corrected chi connectivity index (χ0v) is 16.7. The number of aliphatic imine (C=N–C) groups is 1. The van der Waals surface area contributed by atoms with Crippen LogP contribution >= 0.6 is 11.8 Å². The molecule has 0 saturated carbocycles. The Kier molecular flexibility index (Phi) is 7.02. The van der Waals surface area contributed by atoms with Gasteiger partial charge in [0.1, 0.15) is 18.5 Å². The summed E-state index contributed by atoms with van der Waals surface area (Å²) in [6, 6.07) is 13.0. The summed E-state index contributed by atoms with van der Waals surface area (Å²) in [5.74, 6) is 1.27. The van der Waals surface area contributed by atoms with Gasteiger partial charge in [-0.25, -0.2) is 14.1 Å². The first-order valence-electron chi connectivity index (χ1n) is 8.84. The van der Waals surface area contributed by atoms with Gasteiger partial charge in [-0.2, -0.15) is 16.9 Å². The molecule has 2 N–H and O–H groups in total. The molecule has 1 aromatic heterocycles. The Morgan fingerprint density at radius 3 is 2.57 bits per heavy atom. The molecule has 1 heterocycles. The van der Waals surface area contributed by atoms with Crippen molar-refractivity contribution in [2.24, 2.45) is 4.99 Å². The monoisotopic (exact) mass is 398 g/mol. The summed E-state index contributed by atoms with van der Waals surface area (Å²) < 4.78 is 15.2. The second-order valence-electron chi connectivity index (χ2n) is 6.13. The molecule has 0 fully saturated rings. The van der Waals surface area contributed by atoms with Gasteiger partial charge in [0.2, 0.25) is 0 Å². The molecule has 0 spiro atoms. The Morgan fingerprint density at radius 1 is 1.11 bits per heavy atom. The second kappa shape index (κ2) is 9.89. The largest absolute Gasteiger partial charge is 0.352 e. The van der Waals surface area contributed by atoms with E-state index in [-0.39, 0.29) is 5.82 Å². The van der Waals surface area contributed by atoms with Crippen molar-refractivity contribution >= 4 is 17.7 Å². The molecule has 0 unspecified atom stereocenters. The number of thioether (sulfide) groups is 1. The van der Waals surface area contributed by atoms with Crippen LogP contribution in [-0.4, -0.2) is 34.0 Å². The van der Waals surface area contributed by atoms with E-state index < -0.39 is 0 Å². The molecule has 146 valence electrons. The maximum absolute atomic E-state index is 13.5. The zero-order valence-electron chi connectivity index (χ0n) is 15.9. The standard InChI is InChI=1S/C20H23FN6S/c1-22-20(25-11-16-5-6-18(21)9-17(16)12-28-2)24-10-15-3-7-19(8-4-15)27-14-23-13-26-27/h3-9,13-14H,10-12H2,1-2H3,(H2,22,24,25). The lowest BCUT2D eigenvalue weighted by Crippen LogP contribution is -2.36. The van der Waals surface area contributed by atoms with Crippen LogP contribution in [0.2, 0.25) is 0 Å². The summed E-state index contributed by atoms with van der Waals surface area (Å²) in [6.45, 7) is 1.22. The lowest BCUT2D eigenvalue weighted by Gasteiger charge is -2.14. The number of hydrogen-bond acceptors (Lipinski definition) is 4. The summed E-state index contributed by atoms with van der Waals surface area (Å²) in [6.07, 6.45) is 5.19. The van der Waals surface area contributed by atoms with E-state index in [9.17, 15) is 4.39 Å². The van der Waals surface area contributed by atoms with Crippen molar-refractivity contribution in [3.05, 3.63) is 77.6 Å². The Hall–Kier alpha value is -2.87. The van der Waals surface area contributed by atoms with Gasteiger partial charge < -0.3 is 10.6 Å². The van der Waals surface area contributed by atoms with Crippen molar-refractivity contribution < 1.29 is 4.39 Å². The molecule has 6 nitrogen and oxygen atoms in total. The third kappa shape index (κ3) is 5.32. The minimum Gasteiger partial charge on any atom is -0.352 e. The molecule has 0 amide bonds. The molecule has 3 rings (SSSR count). The summed E-state index contributed by atoms with van der Waals surface area (Å²) in [4.78, 5) is 8.22. The number of nitrogens with one attached hydrogen (secondary N) is 2. The van der Waals surface area contributed by atoms with Gasteiger partial charge in [-0.05, 0) is 47.2 Å². The normalized spacial score (nSPS) is 11.5. The lowest BCUT2D eigenvalue weighted by atomic mass is 10.1. The van der Waals surface area contributed by atoms with Crippen LogP contribution in [0.5, 0.6) is 0 Å².